The van der Waals surface area contributed by atoms with Gasteiger partial charge in [0.15, 0.2) is 6.10 Å². The van der Waals surface area contributed by atoms with E-state index < -0.39 is 24.0 Å². The number of amides is 1. The molecule has 1 aromatic rings. The van der Waals surface area contributed by atoms with Crippen molar-refractivity contribution < 1.29 is 19.4 Å². The summed E-state index contributed by atoms with van der Waals surface area (Å²) >= 11 is 0. The van der Waals surface area contributed by atoms with E-state index in [4.69, 9.17) is 9.84 Å². The van der Waals surface area contributed by atoms with Gasteiger partial charge in [0.2, 0.25) is 0 Å². The van der Waals surface area contributed by atoms with E-state index in [1.807, 2.05) is 18.2 Å². The lowest BCUT2D eigenvalue weighted by atomic mass is 9.87. The van der Waals surface area contributed by atoms with E-state index in [1.54, 1.807) is 13.0 Å². The molecule has 0 saturated heterocycles. The summed E-state index contributed by atoms with van der Waals surface area (Å²) in [6.45, 7) is 9.28. The van der Waals surface area contributed by atoms with E-state index >= 15 is 0 Å². The predicted octanol–water partition coefficient (Wildman–Crippen LogP) is 2.34. The lowest BCUT2D eigenvalue weighted by Crippen LogP contribution is -2.44. The summed E-state index contributed by atoms with van der Waals surface area (Å²) in [4.78, 5) is 22.6. The van der Waals surface area contributed by atoms with Crippen molar-refractivity contribution in [1.82, 2.24) is 5.32 Å². The first-order chi connectivity index (χ1) is 9.61. The number of rotatable bonds is 5. The second kappa shape index (κ2) is 6.61. The first kappa shape index (κ1) is 17.0. The van der Waals surface area contributed by atoms with Crippen molar-refractivity contribution in [3.05, 3.63) is 29.8 Å². The Kier molecular flexibility index (Phi) is 5.35. The molecular weight excluding hydrogens is 270 g/mol. The molecule has 1 rings (SSSR count). The first-order valence-electron chi connectivity index (χ1n) is 6.91. The van der Waals surface area contributed by atoms with Crippen LogP contribution in [0.4, 0.5) is 0 Å². The van der Waals surface area contributed by atoms with Crippen LogP contribution in [-0.4, -0.2) is 29.1 Å². The average Bonchev–Trinajstić information content (AvgIpc) is 2.37. The molecule has 0 radical (unpaired) electrons. The number of nitrogens with one attached hydrogen (secondary N) is 1. The van der Waals surface area contributed by atoms with Crippen LogP contribution in [0, 0.1) is 0 Å². The minimum absolute atomic E-state index is 0.0112. The summed E-state index contributed by atoms with van der Waals surface area (Å²) in [5.41, 5.74) is 1.09. The number of ether oxygens (including phenoxy) is 1. The standard InChI is InChI=1S/C16H23NO4/c1-10(15(19)20)17-14(18)11(2)21-13-8-6-7-12(9-13)16(3,4)5/h6-11H,1-5H3,(H,17,18)(H,19,20)/t10-,11?/m1/s1. The number of benzene rings is 1. The number of carboxylic acids is 1. The van der Waals surface area contributed by atoms with Crippen molar-refractivity contribution in [2.75, 3.05) is 0 Å². The Balaban J connectivity index is 2.73. The van der Waals surface area contributed by atoms with Gasteiger partial charge in [0.05, 0.1) is 0 Å². The van der Waals surface area contributed by atoms with Crippen LogP contribution < -0.4 is 10.1 Å². The third kappa shape index (κ3) is 5.10. The minimum atomic E-state index is -1.08. The Morgan fingerprint density at radius 3 is 2.38 bits per heavy atom. The van der Waals surface area contributed by atoms with Crippen molar-refractivity contribution in [3.8, 4) is 5.75 Å². The smallest absolute Gasteiger partial charge is 0.325 e. The van der Waals surface area contributed by atoms with E-state index in [0.717, 1.165) is 5.56 Å². The summed E-state index contributed by atoms with van der Waals surface area (Å²) in [5, 5.41) is 11.2. The number of carbonyl (C=O) groups excluding carboxylic acids is 1. The molecule has 0 aromatic heterocycles. The zero-order chi connectivity index (χ0) is 16.2. The van der Waals surface area contributed by atoms with E-state index in [0.29, 0.717) is 5.75 Å². The summed E-state index contributed by atoms with van der Waals surface area (Å²) in [6, 6.07) is 6.61. The summed E-state index contributed by atoms with van der Waals surface area (Å²) in [6.07, 6.45) is -0.762. The minimum Gasteiger partial charge on any atom is -0.481 e. The zero-order valence-corrected chi connectivity index (χ0v) is 13.1. The maximum absolute atomic E-state index is 11.8. The van der Waals surface area contributed by atoms with Crippen molar-refractivity contribution in [3.63, 3.8) is 0 Å². The topological polar surface area (TPSA) is 75.6 Å². The molecule has 2 atom stereocenters. The fourth-order valence-electron chi connectivity index (χ4n) is 1.69. The van der Waals surface area contributed by atoms with Crippen molar-refractivity contribution in [1.29, 1.82) is 0 Å². The average molecular weight is 293 g/mol. The Hall–Kier alpha value is -2.04. The second-order valence-corrected chi connectivity index (χ2v) is 6.11. The fourth-order valence-corrected chi connectivity index (χ4v) is 1.69. The summed E-state index contributed by atoms with van der Waals surface area (Å²) in [7, 11) is 0. The molecule has 0 saturated carbocycles. The first-order valence-corrected chi connectivity index (χ1v) is 6.91. The molecule has 0 bridgehead atoms. The Morgan fingerprint density at radius 2 is 1.86 bits per heavy atom. The number of carboxylic acid groups (broad SMARTS) is 1. The predicted molar refractivity (Wildman–Crippen MR) is 80.5 cm³/mol. The fraction of sp³-hybridized carbons (Fsp3) is 0.500. The Morgan fingerprint density at radius 1 is 1.24 bits per heavy atom. The highest BCUT2D eigenvalue weighted by Crippen LogP contribution is 2.26. The number of hydrogen-bond donors (Lipinski definition) is 2. The van der Waals surface area contributed by atoms with Crippen LogP contribution in [0.2, 0.25) is 0 Å². The molecule has 1 aromatic carbocycles. The van der Waals surface area contributed by atoms with Crippen molar-refractivity contribution in [2.24, 2.45) is 0 Å². The van der Waals surface area contributed by atoms with Crippen LogP contribution in [0.5, 0.6) is 5.75 Å². The van der Waals surface area contributed by atoms with Gasteiger partial charge < -0.3 is 15.2 Å². The van der Waals surface area contributed by atoms with Gasteiger partial charge in [0.1, 0.15) is 11.8 Å². The van der Waals surface area contributed by atoms with Crippen LogP contribution in [0.15, 0.2) is 24.3 Å². The van der Waals surface area contributed by atoms with Gasteiger partial charge in [-0.2, -0.15) is 0 Å². The van der Waals surface area contributed by atoms with E-state index in [9.17, 15) is 9.59 Å². The number of aliphatic carboxylic acids is 1. The van der Waals surface area contributed by atoms with Crippen LogP contribution in [-0.2, 0) is 15.0 Å². The molecule has 0 spiro atoms. The van der Waals surface area contributed by atoms with Crippen LogP contribution in [0.25, 0.3) is 0 Å². The monoisotopic (exact) mass is 293 g/mol. The third-order valence-corrected chi connectivity index (χ3v) is 3.11. The van der Waals surface area contributed by atoms with Crippen LogP contribution in [0.1, 0.15) is 40.2 Å². The molecule has 0 aliphatic rings. The Labute approximate surface area is 125 Å². The van der Waals surface area contributed by atoms with Crippen LogP contribution >= 0.6 is 0 Å². The molecule has 0 aliphatic carbocycles. The molecule has 5 heteroatoms. The largest absolute Gasteiger partial charge is 0.481 e. The lowest BCUT2D eigenvalue weighted by molar-refractivity contribution is -0.142. The normalized spacial score (nSPS) is 14.1. The van der Waals surface area contributed by atoms with E-state index in [1.165, 1.54) is 6.92 Å². The maximum atomic E-state index is 11.8. The van der Waals surface area contributed by atoms with Crippen molar-refractivity contribution in [2.45, 2.75) is 52.2 Å². The highest BCUT2D eigenvalue weighted by atomic mass is 16.5. The van der Waals surface area contributed by atoms with Crippen molar-refractivity contribution >= 4 is 11.9 Å². The van der Waals surface area contributed by atoms with Gasteiger partial charge in [-0.1, -0.05) is 32.9 Å². The zero-order valence-electron chi connectivity index (χ0n) is 13.1. The van der Waals surface area contributed by atoms with Gasteiger partial charge in [-0.15, -0.1) is 0 Å². The summed E-state index contributed by atoms with van der Waals surface area (Å²) in [5.74, 6) is -0.940. The van der Waals surface area contributed by atoms with Gasteiger partial charge in [0.25, 0.3) is 5.91 Å². The molecule has 21 heavy (non-hydrogen) atoms. The van der Waals surface area contributed by atoms with Gasteiger partial charge in [-0.3, -0.25) is 9.59 Å². The van der Waals surface area contributed by atoms with Gasteiger partial charge >= 0.3 is 5.97 Å². The number of hydrogen-bond acceptors (Lipinski definition) is 3. The molecule has 0 fully saturated rings. The molecule has 5 nitrogen and oxygen atoms in total. The third-order valence-electron chi connectivity index (χ3n) is 3.11. The SMILES string of the molecule is CC(Oc1cccc(C(C)(C)C)c1)C(=O)N[C@H](C)C(=O)O. The van der Waals surface area contributed by atoms with Gasteiger partial charge in [0, 0.05) is 0 Å². The number of carbonyl (C=O) groups is 2. The van der Waals surface area contributed by atoms with E-state index in [2.05, 4.69) is 26.1 Å². The van der Waals surface area contributed by atoms with Crippen LogP contribution in [0.3, 0.4) is 0 Å². The maximum Gasteiger partial charge on any atom is 0.325 e. The molecular formula is C16H23NO4. The molecule has 2 N–H and O–H groups in total. The molecule has 0 aliphatic heterocycles. The lowest BCUT2D eigenvalue weighted by Gasteiger charge is -2.21. The second-order valence-electron chi connectivity index (χ2n) is 6.11. The highest BCUT2D eigenvalue weighted by molar-refractivity contribution is 5.86. The van der Waals surface area contributed by atoms with Gasteiger partial charge in [-0.05, 0) is 37.0 Å². The molecule has 1 unspecified atom stereocenters. The van der Waals surface area contributed by atoms with Gasteiger partial charge in [-0.25, -0.2) is 0 Å². The highest BCUT2D eigenvalue weighted by Gasteiger charge is 2.21. The molecule has 0 heterocycles. The molecule has 1 amide bonds. The quantitative estimate of drug-likeness (QED) is 0.873. The van der Waals surface area contributed by atoms with E-state index in [-0.39, 0.29) is 5.41 Å². The molecule has 116 valence electrons. The summed E-state index contributed by atoms with van der Waals surface area (Å²) < 4.78 is 5.59. The Bertz CT molecular complexity index is 519.